The molecule has 0 radical (unpaired) electrons. The first-order valence-corrected chi connectivity index (χ1v) is 8.44. The van der Waals surface area contributed by atoms with Crippen molar-refractivity contribution in [1.29, 1.82) is 0 Å². The van der Waals surface area contributed by atoms with Crippen LogP contribution in [0.1, 0.15) is 18.2 Å². The largest absolute Gasteiger partial charge is 0.496 e. The highest BCUT2D eigenvalue weighted by Gasteiger charge is 2.15. The second kappa shape index (κ2) is 8.39. The molecule has 4 nitrogen and oxygen atoms in total. The number of methoxy groups -OCH3 is 1. The quantitative estimate of drug-likeness (QED) is 0.457. The number of ether oxygens (including phenoxy) is 2. The van der Waals surface area contributed by atoms with Gasteiger partial charge in [-0.3, -0.25) is 4.98 Å². The van der Waals surface area contributed by atoms with Crippen molar-refractivity contribution in [2.24, 2.45) is 0 Å². The van der Waals surface area contributed by atoms with Crippen LogP contribution >= 0.6 is 11.8 Å². The topological polar surface area (TPSA) is 48.4 Å². The molecule has 0 fully saturated rings. The van der Waals surface area contributed by atoms with E-state index in [-0.39, 0.29) is 5.97 Å². The fraction of sp³-hybridized carbons (Fsp3) is 0.222. The van der Waals surface area contributed by atoms with Crippen LogP contribution in [0.5, 0.6) is 5.75 Å². The normalized spacial score (nSPS) is 11.2. The van der Waals surface area contributed by atoms with Gasteiger partial charge in [0.1, 0.15) is 5.75 Å². The first kappa shape index (κ1) is 17.1. The Kier molecular flexibility index (Phi) is 6.23. The molecular weight excluding hydrogens is 310 g/mol. The maximum absolute atomic E-state index is 12.3. The first-order valence-electron chi connectivity index (χ1n) is 7.21. The van der Waals surface area contributed by atoms with E-state index < -0.39 is 0 Å². The molecule has 0 spiro atoms. The first-order chi connectivity index (χ1) is 11.2. The van der Waals surface area contributed by atoms with Gasteiger partial charge in [-0.2, -0.15) is 0 Å². The molecule has 1 aromatic carbocycles. The number of carbonyl (C=O) groups is 1. The number of hydrogen-bond acceptors (Lipinski definition) is 5. The highest BCUT2D eigenvalue weighted by molar-refractivity contribution is 7.98. The van der Waals surface area contributed by atoms with E-state index in [9.17, 15) is 4.79 Å². The van der Waals surface area contributed by atoms with Crippen LogP contribution in [0.25, 0.3) is 11.6 Å². The van der Waals surface area contributed by atoms with Gasteiger partial charge in [-0.05, 0) is 49.1 Å². The van der Waals surface area contributed by atoms with Gasteiger partial charge in [0.15, 0.2) is 0 Å². The predicted molar refractivity (Wildman–Crippen MR) is 93.5 cm³/mol. The third-order valence-corrected chi connectivity index (χ3v) is 3.93. The van der Waals surface area contributed by atoms with Gasteiger partial charge >= 0.3 is 5.97 Å². The van der Waals surface area contributed by atoms with Gasteiger partial charge in [0.2, 0.25) is 0 Å². The van der Waals surface area contributed by atoms with Gasteiger partial charge in [0.25, 0.3) is 0 Å². The van der Waals surface area contributed by atoms with Crippen LogP contribution in [0.3, 0.4) is 0 Å². The Hall–Kier alpha value is -2.27. The summed E-state index contributed by atoms with van der Waals surface area (Å²) in [5, 5.41) is 0. The molecule has 1 aromatic heterocycles. The Labute approximate surface area is 140 Å². The molecule has 23 heavy (non-hydrogen) atoms. The number of rotatable bonds is 6. The second-order valence-electron chi connectivity index (χ2n) is 4.61. The summed E-state index contributed by atoms with van der Waals surface area (Å²) < 4.78 is 10.5. The SMILES string of the molecule is CCOC(=O)C(=Cc1ccc(SC)c(OC)c1)c1ccccn1. The van der Waals surface area contributed by atoms with E-state index in [1.165, 1.54) is 0 Å². The zero-order valence-electron chi connectivity index (χ0n) is 13.4. The summed E-state index contributed by atoms with van der Waals surface area (Å²) in [4.78, 5) is 17.6. The lowest BCUT2D eigenvalue weighted by Gasteiger charge is -2.09. The molecule has 0 aliphatic heterocycles. The number of hydrogen-bond donors (Lipinski definition) is 0. The molecule has 0 aliphatic rings. The third-order valence-electron chi connectivity index (χ3n) is 3.15. The summed E-state index contributed by atoms with van der Waals surface area (Å²) in [6, 6.07) is 11.2. The fourth-order valence-corrected chi connectivity index (χ4v) is 2.63. The average molecular weight is 329 g/mol. The lowest BCUT2D eigenvalue weighted by molar-refractivity contribution is -0.136. The standard InChI is InChI=1S/C18H19NO3S/c1-4-22-18(20)14(15-7-5-6-10-19-15)11-13-8-9-17(23-3)16(12-13)21-2/h5-12H,4H2,1-3H3. The van der Waals surface area contributed by atoms with Gasteiger partial charge < -0.3 is 9.47 Å². The van der Waals surface area contributed by atoms with Crippen LogP contribution in [0.4, 0.5) is 0 Å². The second-order valence-corrected chi connectivity index (χ2v) is 5.46. The number of pyridine rings is 1. The summed E-state index contributed by atoms with van der Waals surface area (Å²) in [5.74, 6) is 0.384. The van der Waals surface area contributed by atoms with Crippen LogP contribution in [-0.2, 0) is 9.53 Å². The van der Waals surface area contributed by atoms with Crippen LogP contribution in [0.2, 0.25) is 0 Å². The van der Waals surface area contributed by atoms with E-state index >= 15 is 0 Å². The Balaban J connectivity index is 2.46. The smallest absolute Gasteiger partial charge is 0.340 e. The summed E-state index contributed by atoms with van der Waals surface area (Å²) >= 11 is 1.61. The molecule has 0 atom stereocenters. The van der Waals surface area contributed by atoms with E-state index in [1.807, 2.05) is 36.6 Å². The Morgan fingerprint density at radius 1 is 1.30 bits per heavy atom. The van der Waals surface area contributed by atoms with E-state index in [4.69, 9.17) is 9.47 Å². The van der Waals surface area contributed by atoms with Gasteiger partial charge in [0, 0.05) is 11.1 Å². The number of carbonyl (C=O) groups excluding carboxylic acids is 1. The number of esters is 1. The molecule has 0 unspecified atom stereocenters. The van der Waals surface area contributed by atoms with Crippen LogP contribution < -0.4 is 4.74 Å². The summed E-state index contributed by atoms with van der Waals surface area (Å²) in [6.45, 7) is 2.10. The van der Waals surface area contributed by atoms with Crippen LogP contribution in [0.15, 0.2) is 47.5 Å². The van der Waals surface area contributed by atoms with Crippen molar-refractivity contribution in [3.63, 3.8) is 0 Å². The summed E-state index contributed by atoms with van der Waals surface area (Å²) in [5.41, 5.74) is 1.86. The van der Waals surface area contributed by atoms with Crippen LogP contribution in [0, 0.1) is 0 Å². The third kappa shape index (κ3) is 4.36. The Bertz CT molecular complexity index is 699. The lowest BCUT2D eigenvalue weighted by atomic mass is 10.1. The molecule has 0 bridgehead atoms. The maximum atomic E-state index is 12.3. The predicted octanol–water partition coefficient (Wildman–Crippen LogP) is 3.92. The van der Waals surface area contributed by atoms with Crippen molar-refractivity contribution in [2.75, 3.05) is 20.0 Å². The highest BCUT2D eigenvalue weighted by atomic mass is 32.2. The van der Waals surface area contributed by atoms with E-state index in [1.54, 1.807) is 44.1 Å². The fourth-order valence-electron chi connectivity index (χ4n) is 2.08. The summed E-state index contributed by atoms with van der Waals surface area (Å²) in [6.07, 6.45) is 5.41. The molecule has 2 aromatic rings. The molecule has 120 valence electrons. The van der Waals surface area contributed by atoms with Gasteiger partial charge in [-0.1, -0.05) is 12.1 Å². The average Bonchev–Trinajstić information content (AvgIpc) is 2.60. The van der Waals surface area contributed by atoms with Gasteiger partial charge in [0.05, 0.1) is 25.0 Å². The molecule has 0 N–H and O–H groups in total. The monoisotopic (exact) mass is 329 g/mol. The number of thioether (sulfide) groups is 1. The zero-order valence-corrected chi connectivity index (χ0v) is 14.2. The van der Waals surface area contributed by atoms with Crippen LogP contribution in [-0.4, -0.2) is 30.9 Å². The Morgan fingerprint density at radius 2 is 2.13 bits per heavy atom. The summed E-state index contributed by atoms with van der Waals surface area (Å²) in [7, 11) is 1.63. The van der Waals surface area contributed by atoms with E-state index in [2.05, 4.69) is 4.98 Å². The van der Waals surface area contributed by atoms with E-state index in [0.717, 1.165) is 16.2 Å². The molecular formula is C18H19NO3S. The molecule has 1 heterocycles. The minimum absolute atomic E-state index is 0.317. The Morgan fingerprint density at radius 3 is 2.74 bits per heavy atom. The van der Waals surface area contributed by atoms with Crippen molar-refractivity contribution < 1.29 is 14.3 Å². The molecule has 0 amide bonds. The van der Waals surface area contributed by atoms with Crippen molar-refractivity contribution in [3.05, 3.63) is 53.9 Å². The molecule has 0 saturated heterocycles. The number of benzene rings is 1. The number of nitrogens with zero attached hydrogens (tertiary/aromatic N) is 1. The van der Waals surface area contributed by atoms with Crippen molar-refractivity contribution in [3.8, 4) is 5.75 Å². The number of aromatic nitrogens is 1. The van der Waals surface area contributed by atoms with Gasteiger partial charge in [-0.25, -0.2) is 4.79 Å². The van der Waals surface area contributed by atoms with Crippen molar-refractivity contribution in [1.82, 2.24) is 4.98 Å². The molecule has 0 saturated carbocycles. The maximum Gasteiger partial charge on any atom is 0.340 e. The molecule has 0 aliphatic carbocycles. The van der Waals surface area contributed by atoms with Crippen molar-refractivity contribution >= 4 is 29.4 Å². The minimum Gasteiger partial charge on any atom is -0.496 e. The highest BCUT2D eigenvalue weighted by Crippen LogP contribution is 2.30. The zero-order chi connectivity index (χ0) is 16.7. The minimum atomic E-state index is -0.390. The van der Waals surface area contributed by atoms with E-state index in [0.29, 0.717) is 17.9 Å². The molecule has 2 rings (SSSR count). The van der Waals surface area contributed by atoms with Gasteiger partial charge in [-0.15, -0.1) is 11.8 Å². The van der Waals surface area contributed by atoms with Crippen molar-refractivity contribution in [2.45, 2.75) is 11.8 Å². The lowest BCUT2D eigenvalue weighted by Crippen LogP contribution is -2.08. The molecule has 5 heteroatoms.